The standard InChI is InChI=1S/C25H22N4O/c30-25(28-16-20-10-4-1-5-11-20)23-17-27-24(18-26-23)29(22-14-8-3-9-15-22)19-21-12-6-2-7-13-21/h1-15,17-18H,16,19H2,(H,28,30). The molecular formula is C25H22N4O. The lowest BCUT2D eigenvalue weighted by molar-refractivity contribution is 0.0945. The number of carbonyl (C=O) groups is 1. The molecular weight excluding hydrogens is 372 g/mol. The number of nitrogens with one attached hydrogen (secondary N) is 1. The Morgan fingerprint density at radius 2 is 1.33 bits per heavy atom. The van der Waals surface area contributed by atoms with Gasteiger partial charge in [-0.3, -0.25) is 4.79 Å². The molecule has 0 spiro atoms. The van der Waals surface area contributed by atoms with Gasteiger partial charge < -0.3 is 10.2 Å². The van der Waals surface area contributed by atoms with E-state index in [1.807, 2.05) is 78.9 Å². The van der Waals surface area contributed by atoms with Gasteiger partial charge in [-0.15, -0.1) is 0 Å². The van der Waals surface area contributed by atoms with Crippen LogP contribution in [0.25, 0.3) is 0 Å². The van der Waals surface area contributed by atoms with Crippen molar-refractivity contribution >= 4 is 17.4 Å². The molecule has 1 N–H and O–H groups in total. The van der Waals surface area contributed by atoms with E-state index >= 15 is 0 Å². The number of nitrogens with zero attached hydrogens (tertiary/aromatic N) is 3. The van der Waals surface area contributed by atoms with Crippen LogP contribution in [0, 0.1) is 0 Å². The quantitative estimate of drug-likeness (QED) is 0.492. The summed E-state index contributed by atoms with van der Waals surface area (Å²) in [6.07, 6.45) is 3.17. The summed E-state index contributed by atoms with van der Waals surface area (Å²) in [5.41, 5.74) is 3.50. The third-order valence-corrected chi connectivity index (χ3v) is 4.69. The molecule has 1 heterocycles. The number of hydrogen-bond donors (Lipinski definition) is 1. The summed E-state index contributed by atoms with van der Waals surface area (Å²) in [6, 6.07) is 30.0. The predicted octanol–water partition coefficient (Wildman–Crippen LogP) is 4.74. The second-order valence-electron chi connectivity index (χ2n) is 6.84. The van der Waals surface area contributed by atoms with Gasteiger partial charge in [0.05, 0.1) is 12.4 Å². The molecule has 148 valence electrons. The van der Waals surface area contributed by atoms with Crippen molar-refractivity contribution in [3.63, 3.8) is 0 Å². The Hall–Kier alpha value is -3.99. The van der Waals surface area contributed by atoms with Crippen molar-refractivity contribution in [3.8, 4) is 0 Å². The first-order chi connectivity index (χ1) is 14.8. The monoisotopic (exact) mass is 394 g/mol. The van der Waals surface area contributed by atoms with Crippen LogP contribution in [-0.4, -0.2) is 15.9 Å². The van der Waals surface area contributed by atoms with E-state index in [0.717, 1.165) is 16.8 Å². The molecule has 0 saturated carbocycles. The first-order valence-electron chi connectivity index (χ1n) is 9.80. The van der Waals surface area contributed by atoms with Crippen molar-refractivity contribution in [2.45, 2.75) is 13.1 Å². The zero-order valence-corrected chi connectivity index (χ0v) is 16.5. The molecule has 0 aliphatic heterocycles. The Morgan fingerprint density at radius 3 is 1.93 bits per heavy atom. The maximum Gasteiger partial charge on any atom is 0.271 e. The molecule has 0 aliphatic rings. The van der Waals surface area contributed by atoms with Gasteiger partial charge in [0.15, 0.2) is 5.82 Å². The van der Waals surface area contributed by atoms with Gasteiger partial charge in [-0.05, 0) is 23.3 Å². The van der Waals surface area contributed by atoms with E-state index < -0.39 is 0 Å². The van der Waals surface area contributed by atoms with Crippen LogP contribution in [0.1, 0.15) is 21.6 Å². The number of benzene rings is 3. The topological polar surface area (TPSA) is 58.1 Å². The molecule has 4 aromatic rings. The van der Waals surface area contributed by atoms with E-state index in [-0.39, 0.29) is 5.91 Å². The van der Waals surface area contributed by atoms with Gasteiger partial charge in [0.2, 0.25) is 0 Å². The van der Waals surface area contributed by atoms with Crippen LogP contribution in [-0.2, 0) is 13.1 Å². The molecule has 0 bridgehead atoms. The van der Waals surface area contributed by atoms with E-state index in [9.17, 15) is 4.79 Å². The van der Waals surface area contributed by atoms with Crippen molar-refractivity contribution in [1.82, 2.24) is 15.3 Å². The molecule has 4 rings (SSSR count). The molecule has 0 fully saturated rings. The summed E-state index contributed by atoms with van der Waals surface area (Å²) < 4.78 is 0. The summed E-state index contributed by atoms with van der Waals surface area (Å²) in [5.74, 6) is 0.442. The van der Waals surface area contributed by atoms with Gasteiger partial charge in [-0.1, -0.05) is 78.9 Å². The SMILES string of the molecule is O=C(NCc1ccccc1)c1cnc(N(Cc2ccccc2)c2ccccc2)cn1. The Bertz CT molecular complexity index is 1070. The minimum atomic E-state index is -0.243. The molecule has 0 unspecified atom stereocenters. The summed E-state index contributed by atoms with van der Waals surface area (Å²) in [7, 11) is 0. The zero-order chi connectivity index (χ0) is 20.6. The van der Waals surface area contributed by atoms with Gasteiger partial charge in [0.25, 0.3) is 5.91 Å². The number of hydrogen-bond acceptors (Lipinski definition) is 4. The fourth-order valence-electron chi connectivity index (χ4n) is 3.13. The van der Waals surface area contributed by atoms with Crippen LogP contribution in [0.15, 0.2) is 103 Å². The molecule has 5 nitrogen and oxygen atoms in total. The highest BCUT2D eigenvalue weighted by molar-refractivity contribution is 5.92. The number of rotatable bonds is 7. The van der Waals surface area contributed by atoms with Crippen LogP contribution in [0.3, 0.4) is 0 Å². The number of carbonyl (C=O) groups excluding carboxylic acids is 1. The van der Waals surface area contributed by atoms with Crippen molar-refractivity contribution in [2.24, 2.45) is 0 Å². The van der Waals surface area contributed by atoms with Crippen LogP contribution in [0.2, 0.25) is 0 Å². The number of para-hydroxylation sites is 1. The normalized spacial score (nSPS) is 10.4. The smallest absolute Gasteiger partial charge is 0.271 e. The second kappa shape index (κ2) is 9.47. The van der Waals surface area contributed by atoms with Gasteiger partial charge in [-0.25, -0.2) is 9.97 Å². The van der Waals surface area contributed by atoms with Crippen molar-refractivity contribution in [2.75, 3.05) is 4.90 Å². The number of anilines is 2. The lowest BCUT2D eigenvalue weighted by Gasteiger charge is -2.23. The lowest BCUT2D eigenvalue weighted by Crippen LogP contribution is -2.24. The zero-order valence-electron chi connectivity index (χ0n) is 16.5. The first kappa shape index (κ1) is 19.3. The second-order valence-corrected chi connectivity index (χ2v) is 6.84. The molecule has 1 amide bonds. The average Bonchev–Trinajstić information content (AvgIpc) is 2.83. The summed E-state index contributed by atoms with van der Waals surface area (Å²) in [6.45, 7) is 1.10. The van der Waals surface area contributed by atoms with Gasteiger partial charge in [0, 0.05) is 18.8 Å². The van der Waals surface area contributed by atoms with E-state index in [1.54, 1.807) is 6.20 Å². The highest BCUT2D eigenvalue weighted by atomic mass is 16.1. The van der Waals surface area contributed by atoms with Crippen LogP contribution in [0.4, 0.5) is 11.5 Å². The maximum atomic E-state index is 12.4. The molecule has 0 atom stereocenters. The Kier molecular flexibility index (Phi) is 6.11. The maximum absolute atomic E-state index is 12.4. The third-order valence-electron chi connectivity index (χ3n) is 4.69. The Balaban J connectivity index is 1.51. The molecule has 0 aliphatic carbocycles. The highest BCUT2D eigenvalue weighted by Gasteiger charge is 2.14. The molecule has 1 aromatic heterocycles. The summed E-state index contributed by atoms with van der Waals surface area (Å²) >= 11 is 0. The Labute approximate surface area is 176 Å². The highest BCUT2D eigenvalue weighted by Crippen LogP contribution is 2.25. The third kappa shape index (κ3) is 4.89. The average molecular weight is 394 g/mol. The van der Waals surface area contributed by atoms with Crippen molar-refractivity contribution in [3.05, 3.63) is 120 Å². The molecule has 30 heavy (non-hydrogen) atoms. The molecule has 3 aromatic carbocycles. The van der Waals surface area contributed by atoms with E-state index in [4.69, 9.17) is 0 Å². The van der Waals surface area contributed by atoms with Gasteiger partial charge in [-0.2, -0.15) is 0 Å². The van der Waals surface area contributed by atoms with Crippen LogP contribution in [0.5, 0.6) is 0 Å². The van der Waals surface area contributed by atoms with Gasteiger partial charge in [0.1, 0.15) is 5.69 Å². The lowest BCUT2D eigenvalue weighted by atomic mass is 10.2. The largest absolute Gasteiger partial charge is 0.347 e. The first-order valence-corrected chi connectivity index (χ1v) is 9.80. The number of amides is 1. The molecule has 0 radical (unpaired) electrons. The fraction of sp³-hybridized carbons (Fsp3) is 0.0800. The number of aromatic nitrogens is 2. The van der Waals surface area contributed by atoms with Crippen LogP contribution >= 0.6 is 0 Å². The van der Waals surface area contributed by atoms with E-state index in [0.29, 0.717) is 24.6 Å². The fourth-order valence-corrected chi connectivity index (χ4v) is 3.13. The predicted molar refractivity (Wildman–Crippen MR) is 118 cm³/mol. The van der Waals surface area contributed by atoms with Crippen molar-refractivity contribution < 1.29 is 4.79 Å². The van der Waals surface area contributed by atoms with Gasteiger partial charge >= 0.3 is 0 Å². The van der Waals surface area contributed by atoms with E-state index in [1.165, 1.54) is 6.20 Å². The van der Waals surface area contributed by atoms with Crippen LogP contribution < -0.4 is 10.2 Å². The summed E-state index contributed by atoms with van der Waals surface area (Å²) in [5, 5.41) is 2.88. The van der Waals surface area contributed by atoms with Crippen molar-refractivity contribution in [1.29, 1.82) is 0 Å². The molecule has 0 saturated heterocycles. The minimum Gasteiger partial charge on any atom is -0.347 e. The Morgan fingerprint density at radius 1 is 0.733 bits per heavy atom. The molecule has 5 heteroatoms. The van der Waals surface area contributed by atoms with E-state index in [2.05, 4.69) is 32.3 Å². The minimum absolute atomic E-state index is 0.243. The summed E-state index contributed by atoms with van der Waals surface area (Å²) in [4.78, 5) is 23.4.